The number of rotatable bonds is 8. The summed E-state index contributed by atoms with van der Waals surface area (Å²) in [5, 5.41) is 25.8. The number of nitrogens with zero attached hydrogens (tertiary/aromatic N) is 3. The van der Waals surface area contributed by atoms with E-state index in [4.69, 9.17) is 9.84 Å². The van der Waals surface area contributed by atoms with E-state index in [9.17, 15) is 19.7 Å². The molecule has 132 valence electrons. The van der Waals surface area contributed by atoms with E-state index in [2.05, 4.69) is 10.4 Å². The maximum absolute atomic E-state index is 12.0. The summed E-state index contributed by atoms with van der Waals surface area (Å²) in [4.78, 5) is 32.7. The van der Waals surface area contributed by atoms with Crippen LogP contribution in [0.1, 0.15) is 16.1 Å². The van der Waals surface area contributed by atoms with Crippen molar-refractivity contribution < 1.29 is 24.4 Å². The summed E-state index contributed by atoms with van der Waals surface area (Å²) in [5.41, 5.74) is 0.309. The number of benzene rings is 1. The molecule has 1 heterocycles. The zero-order valence-electron chi connectivity index (χ0n) is 13.3. The summed E-state index contributed by atoms with van der Waals surface area (Å²) < 4.78 is 6.23. The molecule has 10 nitrogen and oxygen atoms in total. The Hall–Kier alpha value is -3.43. The standard InChI is InChI=1S/C15H16N4O6/c1-18-8-12(19(23)24)14(17-18)15(22)16-7-6-10-2-4-11(5-3-10)25-9-13(20)21/h2-5,8H,6-7,9H2,1H3,(H,16,22)(H,20,21). The first-order valence-electron chi connectivity index (χ1n) is 7.26. The van der Waals surface area contributed by atoms with Crippen LogP contribution in [0, 0.1) is 10.1 Å². The summed E-state index contributed by atoms with van der Waals surface area (Å²) in [6, 6.07) is 6.74. The zero-order chi connectivity index (χ0) is 18.4. The molecular formula is C15H16N4O6. The van der Waals surface area contributed by atoms with Gasteiger partial charge in [0.15, 0.2) is 6.61 Å². The molecular weight excluding hydrogens is 332 g/mol. The molecule has 2 N–H and O–H groups in total. The highest BCUT2D eigenvalue weighted by Gasteiger charge is 2.24. The summed E-state index contributed by atoms with van der Waals surface area (Å²) in [5.74, 6) is -1.25. The fraction of sp³-hybridized carbons (Fsp3) is 0.267. The molecule has 0 spiro atoms. The first-order chi connectivity index (χ1) is 11.9. The zero-order valence-corrected chi connectivity index (χ0v) is 13.3. The van der Waals surface area contributed by atoms with Crippen LogP contribution in [0.25, 0.3) is 0 Å². The molecule has 0 atom stereocenters. The third-order valence-corrected chi connectivity index (χ3v) is 3.21. The van der Waals surface area contributed by atoms with Gasteiger partial charge in [-0.3, -0.25) is 19.6 Å². The molecule has 0 aliphatic rings. The minimum absolute atomic E-state index is 0.232. The number of carbonyl (C=O) groups is 2. The van der Waals surface area contributed by atoms with Crippen LogP contribution < -0.4 is 10.1 Å². The number of nitrogens with one attached hydrogen (secondary N) is 1. The van der Waals surface area contributed by atoms with Gasteiger partial charge in [0, 0.05) is 13.6 Å². The van der Waals surface area contributed by atoms with Crippen LogP contribution in [0.3, 0.4) is 0 Å². The first-order valence-corrected chi connectivity index (χ1v) is 7.26. The second kappa shape index (κ2) is 7.90. The molecule has 2 aromatic rings. The van der Waals surface area contributed by atoms with Crippen molar-refractivity contribution in [1.82, 2.24) is 15.1 Å². The van der Waals surface area contributed by atoms with Crippen molar-refractivity contribution in [3.63, 3.8) is 0 Å². The van der Waals surface area contributed by atoms with Crippen molar-refractivity contribution in [2.45, 2.75) is 6.42 Å². The molecule has 0 bridgehead atoms. The van der Waals surface area contributed by atoms with E-state index >= 15 is 0 Å². The van der Waals surface area contributed by atoms with Crippen molar-refractivity contribution in [3.8, 4) is 5.75 Å². The van der Waals surface area contributed by atoms with Gasteiger partial charge in [-0.1, -0.05) is 12.1 Å². The van der Waals surface area contributed by atoms with Crippen molar-refractivity contribution >= 4 is 17.6 Å². The topological polar surface area (TPSA) is 137 Å². The van der Waals surface area contributed by atoms with Crippen LogP contribution in [0.15, 0.2) is 30.5 Å². The van der Waals surface area contributed by atoms with Crippen LogP contribution in [-0.2, 0) is 18.3 Å². The highest BCUT2D eigenvalue weighted by Crippen LogP contribution is 2.16. The van der Waals surface area contributed by atoms with Crippen molar-refractivity contribution in [2.75, 3.05) is 13.2 Å². The van der Waals surface area contributed by atoms with Gasteiger partial charge in [0.25, 0.3) is 5.91 Å². The maximum Gasteiger partial charge on any atom is 0.341 e. The Balaban J connectivity index is 1.87. The number of aryl methyl sites for hydroxylation is 1. The van der Waals surface area contributed by atoms with Gasteiger partial charge in [-0.25, -0.2) is 4.79 Å². The van der Waals surface area contributed by atoms with Gasteiger partial charge in [-0.15, -0.1) is 0 Å². The van der Waals surface area contributed by atoms with Gasteiger partial charge >= 0.3 is 11.7 Å². The number of aromatic nitrogens is 2. The van der Waals surface area contributed by atoms with Crippen LogP contribution >= 0.6 is 0 Å². The predicted octanol–water partition coefficient (Wildman–Crippen LogP) is 0.764. The van der Waals surface area contributed by atoms with Gasteiger partial charge in [0.1, 0.15) is 11.9 Å². The van der Waals surface area contributed by atoms with Crippen molar-refractivity contribution in [1.29, 1.82) is 0 Å². The molecule has 10 heteroatoms. The van der Waals surface area contributed by atoms with E-state index in [0.717, 1.165) is 5.56 Å². The molecule has 1 aromatic heterocycles. The molecule has 1 aromatic carbocycles. The highest BCUT2D eigenvalue weighted by molar-refractivity contribution is 5.96. The number of hydrogen-bond donors (Lipinski definition) is 2. The molecule has 0 radical (unpaired) electrons. The number of carbonyl (C=O) groups excluding carboxylic acids is 1. The molecule has 0 aliphatic carbocycles. The molecule has 2 rings (SSSR count). The summed E-state index contributed by atoms with van der Waals surface area (Å²) in [7, 11) is 1.50. The maximum atomic E-state index is 12.0. The number of aliphatic carboxylic acids is 1. The molecule has 0 fully saturated rings. The van der Waals surface area contributed by atoms with Crippen molar-refractivity contribution in [2.24, 2.45) is 7.05 Å². The average molecular weight is 348 g/mol. The van der Waals surface area contributed by atoms with E-state index in [-0.39, 0.29) is 17.9 Å². The third kappa shape index (κ3) is 5.03. The second-order valence-electron chi connectivity index (χ2n) is 5.13. The lowest BCUT2D eigenvalue weighted by Gasteiger charge is -2.06. The quantitative estimate of drug-likeness (QED) is 0.531. The lowest BCUT2D eigenvalue weighted by molar-refractivity contribution is -0.385. The molecule has 1 amide bonds. The van der Waals surface area contributed by atoms with Crippen LogP contribution in [-0.4, -0.2) is 44.8 Å². The fourth-order valence-corrected chi connectivity index (χ4v) is 2.07. The number of amides is 1. The van der Waals surface area contributed by atoms with Gasteiger partial charge in [-0.2, -0.15) is 5.10 Å². The number of hydrogen-bond acceptors (Lipinski definition) is 6. The lowest BCUT2D eigenvalue weighted by Crippen LogP contribution is -2.26. The van der Waals surface area contributed by atoms with Crippen LogP contribution in [0.4, 0.5) is 5.69 Å². The SMILES string of the molecule is Cn1cc([N+](=O)[O-])c(C(=O)NCCc2ccc(OCC(=O)O)cc2)n1. The number of nitro groups is 1. The van der Waals surface area contributed by atoms with Gasteiger partial charge in [0.2, 0.25) is 5.69 Å². The molecule has 0 saturated heterocycles. The average Bonchev–Trinajstić information content (AvgIpc) is 2.96. The van der Waals surface area contributed by atoms with E-state index in [1.807, 2.05) is 0 Å². The summed E-state index contributed by atoms with van der Waals surface area (Å²) in [6.07, 6.45) is 1.66. The number of carboxylic acid groups (broad SMARTS) is 1. The van der Waals surface area contributed by atoms with E-state index in [1.54, 1.807) is 24.3 Å². The Morgan fingerprint density at radius 1 is 1.36 bits per heavy atom. The predicted molar refractivity (Wildman–Crippen MR) is 85.5 cm³/mol. The Bertz CT molecular complexity index is 784. The number of ether oxygens (including phenoxy) is 1. The Morgan fingerprint density at radius 3 is 2.64 bits per heavy atom. The Labute approximate surface area is 142 Å². The number of carboxylic acids is 1. The minimum atomic E-state index is -1.06. The molecule has 25 heavy (non-hydrogen) atoms. The molecule has 0 saturated carbocycles. The van der Waals surface area contributed by atoms with Crippen LogP contribution in [0.5, 0.6) is 5.75 Å². The minimum Gasteiger partial charge on any atom is -0.482 e. The largest absolute Gasteiger partial charge is 0.482 e. The van der Waals surface area contributed by atoms with E-state index < -0.39 is 23.4 Å². The monoisotopic (exact) mass is 348 g/mol. The Kier molecular flexibility index (Phi) is 5.66. The van der Waals surface area contributed by atoms with Crippen LogP contribution in [0.2, 0.25) is 0 Å². The van der Waals surface area contributed by atoms with E-state index in [1.165, 1.54) is 17.9 Å². The Morgan fingerprint density at radius 2 is 2.04 bits per heavy atom. The first kappa shape index (κ1) is 17.9. The summed E-state index contributed by atoms with van der Waals surface area (Å²) >= 11 is 0. The third-order valence-electron chi connectivity index (χ3n) is 3.21. The second-order valence-corrected chi connectivity index (χ2v) is 5.13. The molecule has 0 unspecified atom stereocenters. The normalized spacial score (nSPS) is 10.3. The van der Waals surface area contributed by atoms with Crippen molar-refractivity contribution in [3.05, 3.63) is 51.8 Å². The van der Waals surface area contributed by atoms with Gasteiger partial charge < -0.3 is 15.2 Å². The lowest BCUT2D eigenvalue weighted by atomic mass is 10.1. The fourth-order valence-electron chi connectivity index (χ4n) is 2.07. The smallest absolute Gasteiger partial charge is 0.341 e. The van der Waals surface area contributed by atoms with Gasteiger partial charge in [-0.05, 0) is 24.1 Å². The summed E-state index contributed by atoms with van der Waals surface area (Å²) in [6.45, 7) is -0.153. The van der Waals surface area contributed by atoms with E-state index in [0.29, 0.717) is 12.2 Å². The molecule has 0 aliphatic heterocycles. The van der Waals surface area contributed by atoms with Gasteiger partial charge in [0.05, 0.1) is 4.92 Å². The highest BCUT2D eigenvalue weighted by atomic mass is 16.6.